The van der Waals surface area contributed by atoms with Crippen LogP contribution in [-0.4, -0.2) is 30.3 Å². The first kappa shape index (κ1) is 15.3. The van der Waals surface area contributed by atoms with Gasteiger partial charge in [-0.15, -0.1) is 0 Å². The number of anilines is 1. The van der Waals surface area contributed by atoms with E-state index in [9.17, 15) is 18.4 Å². The largest absolute Gasteiger partial charge is 0.300 e. The Balaban J connectivity index is 1.79. The predicted molar refractivity (Wildman–Crippen MR) is 81.0 cm³/mol. The Morgan fingerprint density at radius 2 is 1.78 bits per heavy atom. The second kappa shape index (κ2) is 5.89. The molecule has 1 aliphatic rings. The van der Waals surface area contributed by atoms with E-state index in [2.05, 4.69) is 0 Å². The molecule has 6 heteroatoms. The van der Waals surface area contributed by atoms with Crippen molar-refractivity contribution in [2.75, 3.05) is 18.6 Å². The molecular weight excluding hydrogens is 302 g/mol. The first-order valence-corrected chi connectivity index (χ1v) is 7.04. The molecule has 4 nitrogen and oxygen atoms in total. The van der Waals surface area contributed by atoms with E-state index in [1.165, 1.54) is 29.2 Å². The topological polar surface area (TPSA) is 40.6 Å². The Morgan fingerprint density at radius 1 is 1.04 bits per heavy atom. The van der Waals surface area contributed by atoms with Crippen molar-refractivity contribution in [2.45, 2.75) is 6.54 Å². The summed E-state index contributed by atoms with van der Waals surface area (Å²) >= 11 is 0. The van der Waals surface area contributed by atoms with Gasteiger partial charge < -0.3 is 0 Å². The summed E-state index contributed by atoms with van der Waals surface area (Å²) in [6, 6.07) is 9.78. The number of carbonyl (C=O) groups excluding carboxylic acids is 2. The van der Waals surface area contributed by atoms with Crippen LogP contribution in [-0.2, 0) is 11.3 Å². The zero-order chi connectivity index (χ0) is 16.6. The molecule has 0 saturated carbocycles. The van der Waals surface area contributed by atoms with Gasteiger partial charge in [-0.25, -0.2) is 8.78 Å². The van der Waals surface area contributed by atoms with Crippen LogP contribution in [0.15, 0.2) is 42.5 Å². The molecule has 0 radical (unpaired) electrons. The molecule has 1 amide bonds. The molecule has 0 atom stereocenters. The maximum atomic E-state index is 13.4. The fourth-order valence-corrected chi connectivity index (χ4v) is 2.65. The third-order valence-electron chi connectivity index (χ3n) is 3.66. The maximum Gasteiger partial charge on any atom is 0.300 e. The lowest BCUT2D eigenvalue weighted by Crippen LogP contribution is -2.39. The van der Waals surface area contributed by atoms with E-state index >= 15 is 0 Å². The number of rotatable bonds is 4. The van der Waals surface area contributed by atoms with E-state index in [0.717, 1.165) is 11.6 Å². The van der Waals surface area contributed by atoms with E-state index < -0.39 is 17.5 Å². The molecule has 0 aromatic heterocycles. The first-order valence-electron chi connectivity index (χ1n) is 7.04. The molecule has 0 N–H and O–H groups in total. The lowest BCUT2D eigenvalue weighted by Gasteiger charge is -2.24. The molecule has 0 aliphatic carbocycles. The van der Waals surface area contributed by atoms with Gasteiger partial charge in [-0.05, 0) is 42.9 Å². The Kier molecular flexibility index (Phi) is 3.92. The van der Waals surface area contributed by atoms with Gasteiger partial charge in [-0.1, -0.05) is 12.1 Å². The summed E-state index contributed by atoms with van der Waals surface area (Å²) in [6.07, 6.45) is 0. The average molecular weight is 316 g/mol. The Morgan fingerprint density at radius 3 is 2.52 bits per heavy atom. The molecule has 3 rings (SSSR count). The van der Waals surface area contributed by atoms with Gasteiger partial charge in [-0.3, -0.25) is 19.4 Å². The van der Waals surface area contributed by atoms with Crippen LogP contribution in [0.2, 0.25) is 0 Å². The molecule has 0 unspecified atom stereocenters. The summed E-state index contributed by atoms with van der Waals surface area (Å²) in [4.78, 5) is 27.0. The summed E-state index contributed by atoms with van der Waals surface area (Å²) in [7, 11) is 1.74. The molecule has 1 aliphatic heterocycles. The smallest absolute Gasteiger partial charge is 0.291 e. The van der Waals surface area contributed by atoms with Crippen LogP contribution in [0.25, 0.3) is 0 Å². The Hall–Kier alpha value is -2.60. The third-order valence-corrected chi connectivity index (χ3v) is 3.66. The summed E-state index contributed by atoms with van der Waals surface area (Å²) in [5.74, 6) is -2.17. The summed E-state index contributed by atoms with van der Waals surface area (Å²) in [5.41, 5.74) is 1.21. The number of halogens is 2. The monoisotopic (exact) mass is 316 g/mol. The molecule has 2 aromatic rings. The first-order chi connectivity index (χ1) is 11.0. The molecule has 23 heavy (non-hydrogen) atoms. The standard InChI is InChI=1S/C17H14F2N2O2/c1-20(9-11-3-2-4-12(18)7-11)10-21-15-8-13(19)5-6-14(15)16(22)17(21)23/h2-8H,9-10H2,1H3. The van der Waals surface area contributed by atoms with Crippen LogP contribution in [0.1, 0.15) is 15.9 Å². The highest BCUT2D eigenvalue weighted by atomic mass is 19.1. The van der Waals surface area contributed by atoms with Gasteiger partial charge in [0.15, 0.2) is 0 Å². The molecular formula is C17H14F2N2O2. The number of benzene rings is 2. The molecule has 0 spiro atoms. The van der Waals surface area contributed by atoms with Gasteiger partial charge in [0, 0.05) is 6.54 Å². The van der Waals surface area contributed by atoms with Crippen molar-refractivity contribution in [3.63, 3.8) is 0 Å². The third kappa shape index (κ3) is 2.98. The predicted octanol–water partition coefficient (Wildman–Crippen LogP) is 2.58. The normalized spacial score (nSPS) is 13.8. The van der Waals surface area contributed by atoms with Crippen LogP contribution >= 0.6 is 0 Å². The van der Waals surface area contributed by atoms with Crippen LogP contribution in [0, 0.1) is 11.6 Å². The van der Waals surface area contributed by atoms with Gasteiger partial charge in [0.1, 0.15) is 11.6 Å². The Bertz CT molecular complexity index is 792. The number of hydrogen-bond donors (Lipinski definition) is 0. The molecule has 0 saturated heterocycles. The number of hydrogen-bond acceptors (Lipinski definition) is 3. The van der Waals surface area contributed by atoms with E-state index in [-0.39, 0.29) is 23.7 Å². The van der Waals surface area contributed by atoms with E-state index in [0.29, 0.717) is 6.54 Å². The zero-order valence-electron chi connectivity index (χ0n) is 12.4. The Labute approximate surface area is 131 Å². The SMILES string of the molecule is CN(Cc1cccc(F)c1)CN1C(=O)C(=O)c2ccc(F)cc21. The van der Waals surface area contributed by atoms with E-state index in [1.807, 2.05) is 0 Å². The minimum absolute atomic E-state index is 0.109. The van der Waals surface area contributed by atoms with Crippen molar-refractivity contribution in [3.8, 4) is 0 Å². The highest BCUT2D eigenvalue weighted by Crippen LogP contribution is 2.29. The molecule has 0 bridgehead atoms. The van der Waals surface area contributed by atoms with Gasteiger partial charge in [0.2, 0.25) is 0 Å². The van der Waals surface area contributed by atoms with E-state index in [1.54, 1.807) is 24.1 Å². The summed E-state index contributed by atoms with van der Waals surface area (Å²) in [6.45, 7) is 0.498. The number of fused-ring (bicyclic) bond motifs is 1. The quantitative estimate of drug-likeness (QED) is 0.814. The van der Waals surface area contributed by atoms with Gasteiger partial charge in [0.05, 0.1) is 17.9 Å². The van der Waals surface area contributed by atoms with Crippen molar-refractivity contribution in [2.24, 2.45) is 0 Å². The van der Waals surface area contributed by atoms with Crippen LogP contribution < -0.4 is 4.90 Å². The lowest BCUT2D eigenvalue weighted by atomic mass is 10.1. The average Bonchev–Trinajstić information content (AvgIpc) is 2.72. The van der Waals surface area contributed by atoms with Crippen molar-refractivity contribution in [1.82, 2.24) is 4.90 Å². The maximum absolute atomic E-state index is 13.4. The number of carbonyl (C=O) groups is 2. The number of amides is 1. The van der Waals surface area contributed by atoms with Crippen LogP contribution in [0.5, 0.6) is 0 Å². The lowest BCUT2D eigenvalue weighted by molar-refractivity contribution is -0.114. The van der Waals surface area contributed by atoms with Crippen LogP contribution in [0.4, 0.5) is 14.5 Å². The fourth-order valence-electron chi connectivity index (χ4n) is 2.65. The number of nitrogens with zero attached hydrogens (tertiary/aromatic N) is 2. The molecule has 0 fully saturated rings. The molecule has 2 aromatic carbocycles. The van der Waals surface area contributed by atoms with Gasteiger partial charge in [0.25, 0.3) is 5.78 Å². The highest BCUT2D eigenvalue weighted by Gasteiger charge is 2.36. The highest BCUT2D eigenvalue weighted by molar-refractivity contribution is 6.52. The number of ketones is 1. The second-order valence-corrected chi connectivity index (χ2v) is 5.51. The number of Topliss-reactive ketones (excluding diaryl/α,β-unsaturated/α-hetero) is 1. The van der Waals surface area contributed by atoms with Crippen LogP contribution in [0.3, 0.4) is 0 Å². The van der Waals surface area contributed by atoms with Crippen molar-refractivity contribution >= 4 is 17.4 Å². The minimum atomic E-state index is -0.684. The van der Waals surface area contributed by atoms with Crippen molar-refractivity contribution < 1.29 is 18.4 Å². The van der Waals surface area contributed by atoms with Crippen molar-refractivity contribution in [3.05, 3.63) is 65.2 Å². The van der Waals surface area contributed by atoms with Gasteiger partial charge >= 0.3 is 5.91 Å². The summed E-state index contributed by atoms with van der Waals surface area (Å²) < 4.78 is 26.6. The van der Waals surface area contributed by atoms with E-state index in [4.69, 9.17) is 0 Å². The van der Waals surface area contributed by atoms with Gasteiger partial charge in [-0.2, -0.15) is 0 Å². The minimum Gasteiger partial charge on any atom is -0.291 e. The van der Waals surface area contributed by atoms with Crippen molar-refractivity contribution in [1.29, 1.82) is 0 Å². The fraction of sp³-hybridized carbons (Fsp3) is 0.176. The molecule has 1 heterocycles. The molecule has 118 valence electrons. The second-order valence-electron chi connectivity index (χ2n) is 5.51. The zero-order valence-corrected chi connectivity index (χ0v) is 12.4. The summed E-state index contributed by atoms with van der Waals surface area (Å²) in [5, 5.41) is 0.